The Kier molecular flexibility index (Phi) is 7.09. The highest BCUT2D eigenvalue weighted by atomic mass is 16.3. The second-order valence-corrected chi connectivity index (χ2v) is 5.62. The maximum atomic E-state index is 10.1. The van der Waals surface area contributed by atoms with Gasteiger partial charge in [0.05, 0.1) is 6.10 Å². The number of nitrogens with zero attached hydrogens (tertiary/aromatic N) is 1. The van der Waals surface area contributed by atoms with E-state index in [1.807, 2.05) is 0 Å². The van der Waals surface area contributed by atoms with Gasteiger partial charge in [-0.25, -0.2) is 0 Å². The zero-order valence-electron chi connectivity index (χ0n) is 11.8. The fraction of sp³-hybridized carbons (Fsp3) is 1.00. The van der Waals surface area contributed by atoms with Crippen molar-refractivity contribution in [2.45, 2.75) is 71.1 Å². The van der Waals surface area contributed by atoms with Gasteiger partial charge in [-0.1, -0.05) is 33.6 Å². The van der Waals surface area contributed by atoms with Gasteiger partial charge in [0.25, 0.3) is 0 Å². The second kappa shape index (κ2) is 8.06. The van der Waals surface area contributed by atoms with Gasteiger partial charge < -0.3 is 10.4 Å². The molecule has 1 aliphatic rings. The summed E-state index contributed by atoms with van der Waals surface area (Å²) in [5.41, 5.74) is 0. The van der Waals surface area contributed by atoms with E-state index in [4.69, 9.17) is 0 Å². The maximum Gasteiger partial charge on any atom is 0.0791 e. The van der Waals surface area contributed by atoms with Gasteiger partial charge in [-0.2, -0.15) is 0 Å². The first-order valence-corrected chi connectivity index (χ1v) is 7.29. The number of aliphatic hydroxyl groups excluding tert-OH is 1. The summed E-state index contributed by atoms with van der Waals surface area (Å²) in [4.78, 5) is 2.50. The first-order valence-electron chi connectivity index (χ1n) is 7.29. The number of likely N-dealkylation sites (tertiary alicyclic amines) is 1. The Hall–Kier alpha value is -0.120. The van der Waals surface area contributed by atoms with Crippen LogP contribution in [0.25, 0.3) is 0 Å². The lowest BCUT2D eigenvalue weighted by Crippen LogP contribution is -2.44. The van der Waals surface area contributed by atoms with Crippen LogP contribution in [0.3, 0.4) is 0 Å². The standard InChI is InChI=1S/C14H30N2O/c1-4-13-8-6-5-7-9-16(13)11-14(17)10-15-12(2)3/h12-15,17H,4-11H2,1-3H3. The SMILES string of the molecule is CCC1CCCCCN1CC(O)CNC(C)C. The fourth-order valence-corrected chi connectivity index (χ4v) is 2.65. The minimum atomic E-state index is -0.232. The minimum absolute atomic E-state index is 0.232. The normalized spacial score (nSPS) is 24.9. The molecule has 0 bridgehead atoms. The van der Waals surface area contributed by atoms with E-state index in [9.17, 15) is 5.11 Å². The van der Waals surface area contributed by atoms with E-state index in [-0.39, 0.29) is 6.10 Å². The number of hydrogen-bond acceptors (Lipinski definition) is 3. The van der Waals surface area contributed by atoms with E-state index < -0.39 is 0 Å². The Morgan fingerprint density at radius 2 is 2.06 bits per heavy atom. The van der Waals surface area contributed by atoms with Crippen LogP contribution in [-0.2, 0) is 0 Å². The smallest absolute Gasteiger partial charge is 0.0791 e. The average Bonchev–Trinajstić information content (AvgIpc) is 2.51. The van der Waals surface area contributed by atoms with E-state index in [0.29, 0.717) is 18.6 Å². The quantitative estimate of drug-likeness (QED) is 0.748. The molecule has 1 rings (SSSR count). The molecule has 1 saturated heterocycles. The van der Waals surface area contributed by atoms with Crippen LogP contribution in [0.5, 0.6) is 0 Å². The molecular formula is C14H30N2O. The van der Waals surface area contributed by atoms with Crippen LogP contribution in [0.15, 0.2) is 0 Å². The molecule has 0 spiro atoms. The van der Waals surface area contributed by atoms with Gasteiger partial charge in [0, 0.05) is 25.2 Å². The molecule has 1 fully saturated rings. The lowest BCUT2D eigenvalue weighted by Gasteiger charge is -2.31. The van der Waals surface area contributed by atoms with Crippen molar-refractivity contribution in [2.24, 2.45) is 0 Å². The molecule has 2 unspecified atom stereocenters. The van der Waals surface area contributed by atoms with Crippen LogP contribution < -0.4 is 5.32 Å². The monoisotopic (exact) mass is 242 g/mol. The van der Waals surface area contributed by atoms with E-state index in [1.165, 1.54) is 32.1 Å². The van der Waals surface area contributed by atoms with Gasteiger partial charge in [0.1, 0.15) is 0 Å². The van der Waals surface area contributed by atoms with Crippen molar-refractivity contribution in [1.82, 2.24) is 10.2 Å². The van der Waals surface area contributed by atoms with Crippen molar-refractivity contribution in [3.63, 3.8) is 0 Å². The second-order valence-electron chi connectivity index (χ2n) is 5.62. The Bertz CT molecular complexity index is 197. The summed E-state index contributed by atoms with van der Waals surface area (Å²) in [6.45, 7) is 9.21. The Balaban J connectivity index is 2.35. The molecule has 102 valence electrons. The predicted molar refractivity (Wildman–Crippen MR) is 73.3 cm³/mol. The number of hydrogen-bond donors (Lipinski definition) is 2. The highest BCUT2D eigenvalue weighted by Crippen LogP contribution is 2.19. The fourth-order valence-electron chi connectivity index (χ4n) is 2.65. The first-order chi connectivity index (χ1) is 8.13. The topological polar surface area (TPSA) is 35.5 Å². The molecule has 0 aliphatic carbocycles. The van der Waals surface area contributed by atoms with Crippen molar-refractivity contribution in [1.29, 1.82) is 0 Å². The molecule has 2 atom stereocenters. The van der Waals surface area contributed by atoms with Crippen LogP contribution in [0.2, 0.25) is 0 Å². The zero-order chi connectivity index (χ0) is 12.7. The summed E-state index contributed by atoms with van der Waals surface area (Å²) in [6.07, 6.45) is 6.29. The summed E-state index contributed by atoms with van der Waals surface area (Å²) >= 11 is 0. The van der Waals surface area contributed by atoms with Gasteiger partial charge >= 0.3 is 0 Å². The number of nitrogens with one attached hydrogen (secondary N) is 1. The van der Waals surface area contributed by atoms with Crippen molar-refractivity contribution < 1.29 is 5.11 Å². The van der Waals surface area contributed by atoms with Gasteiger partial charge in [-0.15, -0.1) is 0 Å². The Morgan fingerprint density at radius 3 is 2.71 bits per heavy atom. The zero-order valence-corrected chi connectivity index (χ0v) is 11.8. The van der Waals surface area contributed by atoms with E-state index in [2.05, 4.69) is 31.0 Å². The molecule has 2 N–H and O–H groups in total. The minimum Gasteiger partial charge on any atom is -0.390 e. The van der Waals surface area contributed by atoms with Crippen LogP contribution in [0.1, 0.15) is 52.9 Å². The number of aliphatic hydroxyl groups is 1. The Labute approximate surface area is 107 Å². The van der Waals surface area contributed by atoms with Crippen molar-refractivity contribution >= 4 is 0 Å². The highest BCUT2D eigenvalue weighted by molar-refractivity contribution is 4.77. The molecule has 0 aromatic heterocycles. The van der Waals surface area contributed by atoms with Gasteiger partial charge in [0.15, 0.2) is 0 Å². The third-order valence-electron chi connectivity index (χ3n) is 3.68. The summed E-state index contributed by atoms with van der Waals surface area (Å²) in [7, 11) is 0. The maximum absolute atomic E-state index is 10.1. The third-order valence-corrected chi connectivity index (χ3v) is 3.68. The van der Waals surface area contributed by atoms with Crippen LogP contribution in [0, 0.1) is 0 Å². The third kappa shape index (κ3) is 5.84. The van der Waals surface area contributed by atoms with Gasteiger partial charge in [0.2, 0.25) is 0 Å². The molecule has 0 radical (unpaired) electrons. The van der Waals surface area contributed by atoms with E-state index in [1.54, 1.807) is 0 Å². The lowest BCUT2D eigenvalue weighted by atomic mass is 10.1. The molecule has 1 aliphatic heterocycles. The number of β-amino-alcohol motifs (C(OH)–C–C–N with tert-alkyl or cyclic N) is 1. The van der Waals surface area contributed by atoms with Crippen LogP contribution in [-0.4, -0.2) is 47.8 Å². The summed E-state index contributed by atoms with van der Waals surface area (Å²) in [5, 5.41) is 13.4. The molecule has 0 saturated carbocycles. The van der Waals surface area contributed by atoms with Gasteiger partial charge in [-0.05, 0) is 25.8 Å². The molecule has 3 nitrogen and oxygen atoms in total. The van der Waals surface area contributed by atoms with E-state index >= 15 is 0 Å². The molecule has 1 heterocycles. The summed E-state index contributed by atoms with van der Waals surface area (Å²) in [5.74, 6) is 0. The van der Waals surface area contributed by atoms with Gasteiger partial charge in [-0.3, -0.25) is 4.90 Å². The number of rotatable bonds is 6. The summed E-state index contributed by atoms with van der Waals surface area (Å²) in [6, 6.07) is 1.14. The van der Waals surface area contributed by atoms with E-state index in [0.717, 1.165) is 13.1 Å². The van der Waals surface area contributed by atoms with Crippen molar-refractivity contribution in [3.8, 4) is 0 Å². The predicted octanol–water partition coefficient (Wildman–Crippen LogP) is 2.00. The average molecular weight is 242 g/mol. The molecule has 0 aromatic rings. The molecule has 3 heteroatoms. The highest BCUT2D eigenvalue weighted by Gasteiger charge is 2.21. The largest absolute Gasteiger partial charge is 0.390 e. The Morgan fingerprint density at radius 1 is 1.29 bits per heavy atom. The van der Waals surface area contributed by atoms with Crippen LogP contribution >= 0.6 is 0 Å². The molecule has 17 heavy (non-hydrogen) atoms. The molecule has 0 amide bonds. The molecule has 0 aromatic carbocycles. The lowest BCUT2D eigenvalue weighted by molar-refractivity contribution is 0.0847. The molecular weight excluding hydrogens is 212 g/mol. The van der Waals surface area contributed by atoms with Crippen LogP contribution in [0.4, 0.5) is 0 Å². The summed E-state index contributed by atoms with van der Waals surface area (Å²) < 4.78 is 0. The van der Waals surface area contributed by atoms with Crippen molar-refractivity contribution in [2.75, 3.05) is 19.6 Å². The first kappa shape index (κ1) is 14.9. The van der Waals surface area contributed by atoms with Crippen molar-refractivity contribution in [3.05, 3.63) is 0 Å².